The van der Waals surface area contributed by atoms with Crippen molar-refractivity contribution in [3.8, 4) is 0 Å². The minimum Gasteiger partial charge on any atom is -0.402 e. The van der Waals surface area contributed by atoms with E-state index in [1.807, 2.05) is 43.5 Å². The Morgan fingerprint density at radius 3 is 2.75 bits per heavy atom. The molecule has 0 saturated heterocycles. The Balaban J connectivity index is 1.97. The summed E-state index contributed by atoms with van der Waals surface area (Å²) in [6.45, 7) is 3.87. The van der Waals surface area contributed by atoms with Gasteiger partial charge in [0.05, 0.1) is 10.7 Å². The maximum Gasteiger partial charge on any atom is 0.363 e. The van der Waals surface area contributed by atoms with Gasteiger partial charge in [-0.05, 0) is 31.6 Å². The monoisotopic (exact) mass is 284 g/mol. The van der Waals surface area contributed by atoms with Crippen LogP contribution in [0, 0.1) is 13.8 Å². The van der Waals surface area contributed by atoms with Crippen molar-refractivity contribution in [1.82, 2.24) is 4.98 Å². The number of hydrogen-bond acceptors (Lipinski definition) is 5. The van der Waals surface area contributed by atoms with Crippen molar-refractivity contribution in [2.75, 3.05) is 0 Å². The van der Waals surface area contributed by atoms with Gasteiger partial charge < -0.3 is 4.74 Å². The molecule has 0 amide bonds. The molecule has 3 rings (SSSR count). The lowest BCUT2D eigenvalue weighted by Gasteiger charge is -2.02. The number of rotatable bonds is 2. The lowest BCUT2D eigenvalue weighted by molar-refractivity contribution is -0.129. The Morgan fingerprint density at radius 2 is 2.05 bits per heavy atom. The number of hydrogen-bond donors (Lipinski definition) is 0. The number of thiazole rings is 1. The lowest BCUT2D eigenvalue weighted by Crippen LogP contribution is -2.06. The predicted octanol–water partition coefficient (Wildman–Crippen LogP) is 3.10. The first kappa shape index (κ1) is 12.7. The van der Waals surface area contributed by atoms with Crippen LogP contribution in [-0.4, -0.2) is 16.9 Å². The zero-order chi connectivity index (χ0) is 14.1. The van der Waals surface area contributed by atoms with Gasteiger partial charge in [-0.1, -0.05) is 18.2 Å². The number of carbonyl (C=O) groups is 1. The van der Waals surface area contributed by atoms with E-state index >= 15 is 0 Å². The molecule has 2 aromatic rings. The first-order valence-corrected chi connectivity index (χ1v) is 7.02. The summed E-state index contributed by atoms with van der Waals surface area (Å²) in [6, 6.07) is 7.67. The minimum absolute atomic E-state index is 0.286. The van der Waals surface area contributed by atoms with Crippen LogP contribution in [0.3, 0.4) is 0 Å². The van der Waals surface area contributed by atoms with Crippen molar-refractivity contribution in [3.05, 3.63) is 57.2 Å². The molecule has 0 radical (unpaired) electrons. The number of cyclic esters (lactones) is 1. The molecule has 2 heterocycles. The maximum atomic E-state index is 11.9. The summed E-state index contributed by atoms with van der Waals surface area (Å²) < 4.78 is 5.24. The molecule has 4 nitrogen and oxygen atoms in total. The number of aryl methyl sites for hydroxylation is 2. The highest BCUT2D eigenvalue weighted by Crippen LogP contribution is 2.21. The molecule has 0 atom stereocenters. The summed E-state index contributed by atoms with van der Waals surface area (Å²) in [5, 5.41) is 2.84. The molecule has 1 aliphatic heterocycles. The third-order valence-electron chi connectivity index (χ3n) is 2.92. The molecule has 1 aromatic heterocycles. The van der Waals surface area contributed by atoms with Crippen molar-refractivity contribution in [1.29, 1.82) is 0 Å². The van der Waals surface area contributed by atoms with Crippen LogP contribution < -0.4 is 0 Å². The second-order valence-electron chi connectivity index (χ2n) is 4.44. The second-order valence-corrected chi connectivity index (χ2v) is 5.50. The standard InChI is InChI=1S/C15H12N2O2S/c1-9-5-3-4-6-12(9)14-17-13(15(18)19-14)7-11-8-20-10(2)16-11/h3-8H,1-2H3. The molecule has 20 heavy (non-hydrogen) atoms. The summed E-state index contributed by atoms with van der Waals surface area (Å²) >= 11 is 1.53. The highest BCUT2D eigenvalue weighted by Gasteiger charge is 2.25. The second kappa shape index (κ2) is 5.02. The smallest absolute Gasteiger partial charge is 0.363 e. The molecule has 5 heteroatoms. The molecular formula is C15H12N2O2S. The average Bonchev–Trinajstić information content (AvgIpc) is 2.98. The lowest BCUT2D eigenvalue weighted by atomic mass is 10.1. The van der Waals surface area contributed by atoms with Gasteiger partial charge in [0.15, 0.2) is 5.70 Å². The third-order valence-corrected chi connectivity index (χ3v) is 3.71. The molecule has 0 N–H and O–H groups in total. The summed E-state index contributed by atoms with van der Waals surface area (Å²) in [4.78, 5) is 20.4. The van der Waals surface area contributed by atoms with Crippen LogP contribution in [0.25, 0.3) is 6.08 Å². The first-order valence-electron chi connectivity index (χ1n) is 6.14. The minimum atomic E-state index is -0.436. The van der Waals surface area contributed by atoms with Crippen LogP contribution in [-0.2, 0) is 9.53 Å². The Kier molecular flexibility index (Phi) is 3.20. The third kappa shape index (κ3) is 2.40. The van der Waals surface area contributed by atoms with E-state index in [2.05, 4.69) is 9.98 Å². The molecular weight excluding hydrogens is 272 g/mol. The Hall–Kier alpha value is -2.27. The fraction of sp³-hybridized carbons (Fsp3) is 0.133. The van der Waals surface area contributed by atoms with Gasteiger partial charge in [0.2, 0.25) is 5.90 Å². The van der Waals surface area contributed by atoms with E-state index < -0.39 is 5.97 Å². The van der Waals surface area contributed by atoms with Crippen molar-refractivity contribution in [2.24, 2.45) is 4.99 Å². The van der Waals surface area contributed by atoms with Gasteiger partial charge >= 0.3 is 5.97 Å². The van der Waals surface area contributed by atoms with Gasteiger partial charge in [-0.25, -0.2) is 14.8 Å². The van der Waals surface area contributed by atoms with E-state index in [9.17, 15) is 4.79 Å². The van der Waals surface area contributed by atoms with Crippen LogP contribution in [0.2, 0.25) is 0 Å². The van der Waals surface area contributed by atoms with Gasteiger partial charge in [-0.15, -0.1) is 11.3 Å². The van der Waals surface area contributed by atoms with Crippen molar-refractivity contribution < 1.29 is 9.53 Å². The van der Waals surface area contributed by atoms with Crippen LogP contribution in [0.15, 0.2) is 40.3 Å². The SMILES string of the molecule is Cc1nc(C=C2N=C(c3ccccc3C)OC2=O)cs1. The van der Waals surface area contributed by atoms with Gasteiger partial charge in [-0.3, -0.25) is 0 Å². The van der Waals surface area contributed by atoms with Crippen LogP contribution in [0.4, 0.5) is 0 Å². The Bertz CT molecular complexity index is 744. The Morgan fingerprint density at radius 1 is 1.25 bits per heavy atom. The number of aliphatic imine (C=N–C) groups is 1. The highest BCUT2D eigenvalue weighted by atomic mass is 32.1. The number of esters is 1. The van der Waals surface area contributed by atoms with E-state index in [0.29, 0.717) is 5.90 Å². The normalized spacial score (nSPS) is 16.4. The van der Waals surface area contributed by atoms with E-state index in [1.54, 1.807) is 6.08 Å². The quantitative estimate of drug-likeness (QED) is 0.629. The molecule has 0 fully saturated rings. The van der Waals surface area contributed by atoms with E-state index in [-0.39, 0.29) is 5.70 Å². The molecule has 0 spiro atoms. The number of carbonyl (C=O) groups excluding carboxylic acids is 1. The van der Waals surface area contributed by atoms with Gasteiger partial charge in [0, 0.05) is 10.9 Å². The largest absolute Gasteiger partial charge is 0.402 e. The molecule has 0 unspecified atom stereocenters. The number of nitrogens with zero attached hydrogens (tertiary/aromatic N) is 2. The fourth-order valence-corrected chi connectivity index (χ4v) is 2.49. The van der Waals surface area contributed by atoms with Crippen molar-refractivity contribution in [2.45, 2.75) is 13.8 Å². The highest BCUT2D eigenvalue weighted by molar-refractivity contribution is 7.09. The predicted molar refractivity (Wildman–Crippen MR) is 78.6 cm³/mol. The molecule has 1 aromatic carbocycles. The first-order chi connectivity index (χ1) is 9.63. The molecule has 0 bridgehead atoms. The van der Waals surface area contributed by atoms with Crippen molar-refractivity contribution in [3.63, 3.8) is 0 Å². The topological polar surface area (TPSA) is 51.6 Å². The summed E-state index contributed by atoms with van der Waals surface area (Å²) in [5.41, 5.74) is 2.87. The number of aromatic nitrogens is 1. The molecule has 0 saturated carbocycles. The summed E-state index contributed by atoms with van der Waals surface area (Å²) in [5.74, 6) is -0.0831. The molecule has 100 valence electrons. The summed E-state index contributed by atoms with van der Waals surface area (Å²) in [7, 11) is 0. The Labute approximate surface area is 120 Å². The van der Waals surface area contributed by atoms with Crippen LogP contribution in [0.1, 0.15) is 21.8 Å². The van der Waals surface area contributed by atoms with Crippen LogP contribution in [0.5, 0.6) is 0 Å². The fourth-order valence-electron chi connectivity index (χ4n) is 1.92. The summed E-state index contributed by atoms with van der Waals surface area (Å²) in [6.07, 6.45) is 1.65. The molecule has 1 aliphatic rings. The van der Waals surface area contributed by atoms with Gasteiger partial charge in [-0.2, -0.15) is 0 Å². The van der Waals surface area contributed by atoms with E-state index in [1.165, 1.54) is 11.3 Å². The molecule has 0 aliphatic carbocycles. The number of ether oxygens (including phenoxy) is 1. The maximum absolute atomic E-state index is 11.9. The van der Waals surface area contributed by atoms with Crippen molar-refractivity contribution >= 4 is 29.3 Å². The van der Waals surface area contributed by atoms with Gasteiger partial charge in [0.25, 0.3) is 0 Å². The average molecular weight is 284 g/mol. The zero-order valence-electron chi connectivity index (χ0n) is 11.1. The number of benzene rings is 1. The zero-order valence-corrected chi connectivity index (χ0v) is 11.9. The van der Waals surface area contributed by atoms with E-state index in [0.717, 1.165) is 21.8 Å². The van der Waals surface area contributed by atoms with Crippen LogP contribution >= 0.6 is 11.3 Å². The van der Waals surface area contributed by atoms with E-state index in [4.69, 9.17) is 4.74 Å². The van der Waals surface area contributed by atoms with Gasteiger partial charge in [0.1, 0.15) is 0 Å².